The van der Waals surface area contributed by atoms with Gasteiger partial charge in [-0.15, -0.1) is 0 Å². The lowest BCUT2D eigenvalue weighted by atomic mass is 9.43. The molecule has 0 heterocycles. The SMILES string of the molecule is CC(CCC(=O)NCCS(=O)(=O)O)C1CC[C@H]2[C@@H]3[C@H](O)CC4C[C@H](O)CC[C@]4(C)[C@H]3C[C@H](O)[C@]12C. The molecule has 9 heteroatoms. The summed E-state index contributed by atoms with van der Waals surface area (Å²) in [5.74, 6) is 0.705. The predicted molar refractivity (Wildman–Crippen MR) is 132 cm³/mol. The summed E-state index contributed by atoms with van der Waals surface area (Å²) < 4.78 is 30.5. The number of amides is 1. The first-order valence-corrected chi connectivity index (χ1v) is 15.1. The fraction of sp³-hybridized carbons (Fsp3) is 0.962. The van der Waals surface area contributed by atoms with Gasteiger partial charge in [-0.25, -0.2) is 0 Å². The van der Waals surface area contributed by atoms with Crippen molar-refractivity contribution in [2.75, 3.05) is 12.3 Å². The number of aliphatic hydroxyl groups excluding tert-OH is 3. The van der Waals surface area contributed by atoms with E-state index in [0.29, 0.717) is 18.8 Å². The lowest BCUT2D eigenvalue weighted by Crippen LogP contribution is -2.62. The number of fused-ring (bicyclic) bond motifs is 5. The second-order valence-electron chi connectivity index (χ2n) is 12.7. The fourth-order valence-corrected chi connectivity index (χ4v) is 9.46. The van der Waals surface area contributed by atoms with Gasteiger partial charge >= 0.3 is 0 Å². The smallest absolute Gasteiger partial charge is 0.266 e. The molecular weight excluding hydrogens is 470 g/mol. The Labute approximate surface area is 210 Å². The third-order valence-electron chi connectivity index (χ3n) is 11.0. The molecule has 4 fully saturated rings. The summed E-state index contributed by atoms with van der Waals surface area (Å²) in [4.78, 5) is 12.2. The highest BCUT2D eigenvalue weighted by Gasteiger charge is 2.65. The van der Waals surface area contributed by atoms with Gasteiger partial charge in [-0.05, 0) is 97.7 Å². The maximum absolute atomic E-state index is 12.2. The Morgan fingerprint density at radius 3 is 2.46 bits per heavy atom. The molecule has 3 unspecified atom stereocenters. The normalized spacial score (nSPS) is 46.3. The van der Waals surface area contributed by atoms with Crippen molar-refractivity contribution in [2.24, 2.45) is 46.3 Å². The van der Waals surface area contributed by atoms with Crippen LogP contribution >= 0.6 is 0 Å². The van der Waals surface area contributed by atoms with Crippen molar-refractivity contribution in [1.29, 1.82) is 0 Å². The average molecular weight is 516 g/mol. The number of aliphatic hydroxyl groups is 3. The molecule has 0 aromatic carbocycles. The second-order valence-corrected chi connectivity index (χ2v) is 14.2. The van der Waals surface area contributed by atoms with Crippen LogP contribution in [0.1, 0.15) is 78.6 Å². The van der Waals surface area contributed by atoms with E-state index < -0.39 is 28.1 Å². The monoisotopic (exact) mass is 515 g/mol. The molecule has 4 aliphatic carbocycles. The molecule has 4 aliphatic rings. The third kappa shape index (κ3) is 5.05. The molecule has 0 spiro atoms. The molecule has 0 aromatic rings. The van der Waals surface area contributed by atoms with Crippen LogP contribution in [0.25, 0.3) is 0 Å². The summed E-state index contributed by atoms with van der Waals surface area (Å²) in [6, 6.07) is 0. The minimum absolute atomic E-state index is 0.0509. The quantitative estimate of drug-likeness (QED) is 0.327. The molecule has 4 rings (SSSR count). The van der Waals surface area contributed by atoms with Crippen molar-refractivity contribution < 1.29 is 33.1 Å². The van der Waals surface area contributed by atoms with Gasteiger partial charge in [0, 0.05) is 13.0 Å². The molecule has 0 aromatic heterocycles. The maximum atomic E-state index is 12.2. The van der Waals surface area contributed by atoms with E-state index in [2.05, 4.69) is 26.1 Å². The zero-order valence-corrected chi connectivity index (χ0v) is 22.2. The van der Waals surface area contributed by atoms with Crippen LogP contribution in [-0.2, 0) is 14.9 Å². The van der Waals surface area contributed by atoms with Gasteiger partial charge < -0.3 is 20.6 Å². The number of carbonyl (C=O) groups is 1. The zero-order valence-electron chi connectivity index (χ0n) is 21.4. The van der Waals surface area contributed by atoms with Crippen LogP contribution in [0.5, 0.6) is 0 Å². The van der Waals surface area contributed by atoms with E-state index >= 15 is 0 Å². The molecule has 0 aliphatic heterocycles. The first kappa shape index (κ1) is 27.3. The largest absolute Gasteiger partial charge is 0.393 e. The van der Waals surface area contributed by atoms with E-state index in [1.807, 2.05) is 0 Å². The van der Waals surface area contributed by atoms with Gasteiger partial charge in [-0.3, -0.25) is 9.35 Å². The van der Waals surface area contributed by atoms with Crippen molar-refractivity contribution in [3.63, 3.8) is 0 Å². The molecule has 5 N–H and O–H groups in total. The number of hydrogen-bond donors (Lipinski definition) is 5. The Balaban J connectivity index is 1.43. The Morgan fingerprint density at radius 1 is 1.06 bits per heavy atom. The molecule has 35 heavy (non-hydrogen) atoms. The van der Waals surface area contributed by atoms with Crippen LogP contribution in [0, 0.1) is 46.3 Å². The Bertz CT molecular complexity index is 896. The predicted octanol–water partition coefficient (Wildman–Crippen LogP) is 2.37. The van der Waals surface area contributed by atoms with E-state index in [-0.39, 0.29) is 65.4 Å². The van der Waals surface area contributed by atoms with Gasteiger partial charge in [0.25, 0.3) is 10.1 Å². The first-order valence-electron chi connectivity index (χ1n) is 13.5. The van der Waals surface area contributed by atoms with Crippen LogP contribution in [0.3, 0.4) is 0 Å². The lowest BCUT2D eigenvalue weighted by molar-refractivity contribution is -0.207. The van der Waals surface area contributed by atoms with Crippen molar-refractivity contribution in [3.05, 3.63) is 0 Å². The number of carbonyl (C=O) groups excluding carboxylic acids is 1. The molecule has 8 nitrogen and oxygen atoms in total. The van der Waals surface area contributed by atoms with Gasteiger partial charge in [0.15, 0.2) is 0 Å². The van der Waals surface area contributed by atoms with Crippen LogP contribution in [0.2, 0.25) is 0 Å². The van der Waals surface area contributed by atoms with Crippen LogP contribution in [-0.4, -0.2) is 64.8 Å². The van der Waals surface area contributed by atoms with E-state index in [0.717, 1.165) is 38.5 Å². The molecule has 0 radical (unpaired) electrons. The summed E-state index contributed by atoms with van der Waals surface area (Å²) in [6.07, 6.45) is 5.67. The average Bonchev–Trinajstić information content (AvgIpc) is 3.12. The van der Waals surface area contributed by atoms with E-state index in [1.54, 1.807) is 0 Å². The number of nitrogens with one attached hydrogen (secondary N) is 1. The van der Waals surface area contributed by atoms with Crippen LogP contribution < -0.4 is 5.32 Å². The number of rotatable bonds is 7. The van der Waals surface area contributed by atoms with Gasteiger partial charge in [-0.2, -0.15) is 8.42 Å². The van der Waals surface area contributed by atoms with Crippen molar-refractivity contribution in [1.82, 2.24) is 5.32 Å². The molecule has 11 atom stereocenters. The minimum atomic E-state index is -4.10. The maximum Gasteiger partial charge on any atom is 0.266 e. The standard InChI is InChI=1S/C26H45NO7S/c1-15(4-7-23(31)27-10-11-35(32,33)34)18-5-6-19-24-20(14-22(30)26(18,19)3)25(2)9-8-17(28)12-16(25)13-21(24)29/h15-22,24,28-30H,4-14H2,1-3H3,(H,27,31)(H,32,33,34)/t15?,16?,17-,18?,19+,20+,21-,22+,24+,25+,26-/m1/s1. The molecule has 202 valence electrons. The Kier molecular flexibility index (Phi) is 7.69. The fourth-order valence-electron chi connectivity index (χ4n) is 9.10. The van der Waals surface area contributed by atoms with E-state index in [4.69, 9.17) is 4.55 Å². The van der Waals surface area contributed by atoms with Crippen molar-refractivity contribution in [3.8, 4) is 0 Å². The molecule has 4 saturated carbocycles. The van der Waals surface area contributed by atoms with Gasteiger partial charge in [0.05, 0.1) is 24.1 Å². The van der Waals surface area contributed by atoms with Crippen molar-refractivity contribution in [2.45, 2.75) is 96.9 Å². The summed E-state index contributed by atoms with van der Waals surface area (Å²) in [5.41, 5.74) is -0.254. The Hall–Kier alpha value is -0.740. The highest BCUT2D eigenvalue weighted by atomic mass is 32.2. The van der Waals surface area contributed by atoms with Crippen LogP contribution in [0.4, 0.5) is 0 Å². The zero-order chi connectivity index (χ0) is 25.8. The lowest BCUT2D eigenvalue weighted by Gasteiger charge is -2.63. The summed E-state index contributed by atoms with van der Waals surface area (Å²) in [7, 11) is -4.10. The van der Waals surface area contributed by atoms with Gasteiger partial charge in [0.1, 0.15) is 0 Å². The minimum Gasteiger partial charge on any atom is -0.393 e. The topological polar surface area (TPSA) is 144 Å². The highest BCUT2D eigenvalue weighted by molar-refractivity contribution is 7.85. The Morgan fingerprint density at radius 2 is 1.77 bits per heavy atom. The summed E-state index contributed by atoms with van der Waals surface area (Å²) >= 11 is 0. The molecule has 0 bridgehead atoms. The molecular formula is C26H45NO7S. The van der Waals surface area contributed by atoms with Gasteiger partial charge in [-0.1, -0.05) is 20.8 Å². The highest BCUT2D eigenvalue weighted by Crippen LogP contribution is 2.68. The summed E-state index contributed by atoms with van der Waals surface area (Å²) in [5, 5.41) is 35.8. The van der Waals surface area contributed by atoms with Crippen molar-refractivity contribution >= 4 is 16.0 Å². The molecule has 1 amide bonds. The molecule has 0 saturated heterocycles. The number of hydrogen-bond acceptors (Lipinski definition) is 6. The summed E-state index contributed by atoms with van der Waals surface area (Å²) in [6.45, 7) is 6.56. The van der Waals surface area contributed by atoms with Crippen LogP contribution in [0.15, 0.2) is 0 Å². The van der Waals surface area contributed by atoms with E-state index in [1.165, 1.54) is 0 Å². The van der Waals surface area contributed by atoms with E-state index in [9.17, 15) is 28.5 Å². The first-order chi connectivity index (χ1) is 16.3. The third-order valence-corrected chi connectivity index (χ3v) is 11.7. The van der Waals surface area contributed by atoms with Gasteiger partial charge in [0.2, 0.25) is 5.91 Å². The second kappa shape index (κ2) is 9.86.